The predicted octanol–water partition coefficient (Wildman–Crippen LogP) is 0.327. The van der Waals surface area contributed by atoms with Gasteiger partial charge < -0.3 is 9.80 Å². The summed E-state index contributed by atoms with van der Waals surface area (Å²) in [5.74, 6) is 0.650. The van der Waals surface area contributed by atoms with Crippen molar-refractivity contribution in [3.05, 3.63) is 18.1 Å². The van der Waals surface area contributed by atoms with Gasteiger partial charge in [0.15, 0.2) is 0 Å². The highest BCUT2D eigenvalue weighted by atomic mass is 32.2. The molecule has 2 aliphatic heterocycles. The Morgan fingerprint density at radius 1 is 1.00 bits per heavy atom. The van der Waals surface area contributed by atoms with E-state index < -0.39 is 10.0 Å². The molecule has 3 fully saturated rings. The molecule has 0 atom stereocenters. The van der Waals surface area contributed by atoms with E-state index in [0.29, 0.717) is 31.9 Å². The minimum atomic E-state index is -3.16. The van der Waals surface area contributed by atoms with E-state index in [1.807, 2.05) is 0 Å². The number of hydrogen-bond donors (Lipinski definition) is 0. The van der Waals surface area contributed by atoms with Crippen LogP contribution in [-0.2, 0) is 10.0 Å². The maximum Gasteiger partial charge on any atom is 0.272 e. The highest BCUT2D eigenvalue weighted by Crippen LogP contribution is 2.31. The molecule has 3 heterocycles. The third-order valence-corrected chi connectivity index (χ3v) is 7.53. The predicted molar refractivity (Wildman–Crippen MR) is 92.9 cm³/mol. The first-order valence-corrected chi connectivity index (χ1v) is 10.4. The number of aromatic nitrogens is 2. The number of nitrogens with zero attached hydrogens (tertiary/aromatic N) is 5. The van der Waals surface area contributed by atoms with Crippen LogP contribution in [0.25, 0.3) is 0 Å². The first-order chi connectivity index (χ1) is 12.1. The number of carbonyl (C=O) groups excluding carboxylic acids is 1. The molecule has 9 heteroatoms. The van der Waals surface area contributed by atoms with Crippen molar-refractivity contribution in [2.75, 3.05) is 44.2 Å². The summed E-state index contributed by atoms with van der Waals surface area (Å²) in [6, 6.07) is 1.75. The van der Waals surface area contributed by atoms with E-state index in [9.17, 15) is 13.2 Å². The molecule has 0 spiro atoms. The molecule has 0 bridgehead atoms. The van der Waals surface area contributed by atoms with Crippen LogP contribution in [0.2, 0.25) is 0 Å². The van der Waals surface area contributed by atoms with E-state index in [1.165, 1.54) is 10.6 Å². The number of piperazine rings is 1. The summed E-state index contributed by atoms with van der Waals surface area (Å²) in [5.41, 5.74) is 0.385. The number of carbonyl (C=O) groups is 1. The van der Waals surface area contributed by atoms with Crippen LogP contribution in [0.5, 0.6) is 0 Å². The summed E-state index contributed by atoms with van der Waals surface area (Å²) in [6.45, 7) is 3.48. The number of amides is 1. The van der Waals surface area contributed by atoms with Gasteiger partial charge in [0.1, 0.15) is 17.8 Å². The van der Waals surface area contributed by atoms with Gasteiger partial charge in [-0.25, -0.2) is 18.4 Å². The van der Waals surface area contributed by atoms with Crippen molar-refractivity contribution in [3.8, 4) is 0 Å². The summed E-state index contributed by atoms with van der Waals surface area (Å²) in [7, 11) is -3.16. The Labute approximate surface area is 147 Å². The molecular weight excluding hydrogens is 342 g/mol. The molecule has 4 rings (SSSR count). The lowest BCUT2D eigenvalue weighted by Gasteiger charge is -2.34. The van der Waals surface area contributed by atoms with Gasteiger partial charge in [0.05, 0.1) is 5.25 Å². The normalized spacial score (nSPS) is 22.4. The van der Waals surface area contributed by atoms with Crippen molar-refractivity contribution in [2.24, 2.45) is 0 Å². The van der Waals surface area contributed by atoms with Crippen LogP contribution < -0.4 is 4.90 Å². The molecule has 1 aliphatic carbocycles. The SMILES string of the molecule is O=C(c1cc(N2CCCC2)ncn1)N1CCN(S(=O)(=O)C2CC2)CC1. The van der Waals surface area contributed by atoms with Gasteiger partial charge in [0.2, 0.25) is 10.0 Å². The first-order valence-electron chi connectivity index (χ1n) is 8.91. The highest BCUT2D eigenvalue weighted by Gasteiger charge is 2.41. The Hall–Kier alpha value is -1.74. The fraction of sp³-hybridized carbons (Fsp3) is 0.688. The Morgan fingerprint density at radius 2 is 1.68 bits per heavy atom. The van der Waals surface area contributed by atoms with Crippen LogP contribution in [0.4, 0.5) is 5.82 Å². The lowest BCUT2D eigenvalue weighted by Crippen LogP contribution is -2.51. The second-order valence-electron chi connectivity index (χ2n) is 6.89. The Morgan fingerprint density at radius 3 is 2.32 bits per heavy atom. The second-order valence-corrected chi connectivity index (χ2v) is 9.10. The van der Waals surface area contributed by atoms with Crippen molar-refractivity contribution in [1.29, 1.82) is 0 Å². The Kier molecular flexibility index (Phi) is 4.36. The molecule has 0 N–H and O–H groups in total. The number of hydrogen-bond acceptors (Lipinski definition) is 6. The second kappa shape index (κ2) is 6.53. The van der Waals surface area contributed by atoms with E-state index in [2.05, 4.69) is 14.9 Å². The van der Waals surface area contributed by atoms with Crippen molar-refractivity contribution >= 4 is 21.7 Å². The quantitative estimate of drug-likeness (QED) is 0.764. The van der Waals surface area contributed by atoms with Gasteiger partial charge in [-0.1, -0.05) is 0 Å². The van der Waals surface area contributed by atoms with Crippen LogP contribution in [-0.4, -0.2) is 78.0 Å². The molecule has 8 nitrogen and oxygen atoms in total. The zero-order valence-electron chi connectivity index (χ0n) is 14.2. The number of rotatable bonds is 4. The molecule has 25 heavy (non-hydrogen) atoms. The van der Waals surface area contributed by atoms with Crippen molar-refractivity contribution in [1.82, 2.24) is 19.2 Å². The average Bonchev–Trinajstić information content (AvgIpc) is 3.37. The molecule has 0 aromatic carbocycles. The molecular formula is C16H23N5O3S. The Bertz CT molecular complexity index is 751. The summed E-state index contributed by atoms with van der Waals surface area (Å²) in [5, 5.41) is -0.195. The average molecular weight is 365 g/mol. The monoisotopic (exact) mass is 365 g/mol. The molecule has 1 saturated carbocycles. The van der Waals surface area contributed by atoms with E-state index >= 15 is 0 Å². The minimum Gasteiger partial charge on any atom is -0.357 e. The molecule has 1 aromatic rings. The highest BCUT2D eigenvalue weighted by molar-refractivity contribution is 7.90. The fourth-order valence-electron chi connectivity index (χ4n) is 3.47. The topological polar surface area (TPSA) is 86.7 Å². The number of anilines is 1. The van der Waals surface area contributed by atoms with Gasteiger partial charge in [0, 0.05) is 45.3 Å². The smallest absolute Gasteiger partial charge is 0.272 e. The molecule has 0 radical (unpaired) electrons. The van der Waals surface area contributed by atoms with Crippen molar-refractivity contribution in [2.45, 2.75) is 30.9 Å². The molecule has 136 valence electrons. The largest absolute Gasteiger partial charge is 0.357 e. The summed E-state index contributed by atoms with van der Waals surface area (Å²) in [6.07, 6.45) is 5.26. The third-order valence-electron chi connectivity index (χ3n) is 5.13. The molecule has 0 unspecified atom stereocenters. The van der Waals surface area contributed by atoms with E-state index in [1.54, 1.807) is 11.0 Å². The lowest BCUT2D eigenvalue weighted by atomic mass is 10.3. The van der Waals surface area contributed by atoms with Gasteiger partial charge in [0.25, 0.3) is 5.91 Å². The molecule has 2 saturated heterocycles. The maximum absolute atomic E-state index is 12.7. The van der Waals surface area contributed by atoms with Crippen LogP contribution in [0.15, 0.2) is 12.4 Å². The van der Waals surface area contributed by atoms with Gasteiger partial charge >= 0.3 is 0 Å². The maximum atomic E-state index is 12.7. The van der Waals surface area contributed by atoms with Gasteiger partial charge in [-0.2, -0.15) is 4.31 Å². The summed E-state index contributed by atoms with van der Waals surface area (Å²) in [4.78, 5) is 25.0. The van der Waals surface area contributed by atoms with Crippen LogP contribution in [0.3, 0.4) is 0 Å². The number of sulfonamides is 1. The minimum absolute atomic E-state index is 0.147. The first kappa shape index (κ1) is 16.7. The van der Waals surface area contributed by atoms with Crippen molar-refractivity contribution < 1.29 is 13.2 Å². The third kappa shape index (κ3) is 3.35. The van der Waals surface area contributed by atoms with Gasteiger partial charge in [-0.15, -0.1) is 0 Å². The van der Waals surface area contributed by atoms with E-state index in [-0.39, 0.29) is 11.2 Å². The summed E-state index contributed by atoms with van der Waals surface area (Å²) >= 11 is 0. The standard InChI is InChI=1S/C16H23N5O3S/c22-16(14-11-15(18-12-17-14)19-5-1-2-6-19)20-7-9-21(10-8-20)25(23,24)13-3-4-13/h11-13H,1-10H2. The van der Waals surface area contributed by atoms with Gasteiger partial charge in [-0.05, 0) is 25.7 Å². The molecule has 1 aromatic heterocycles. The summed E-state index contributed by atoms with van der Waals surface area (Å²) < 4.78 is 26.1. The molecule has 3 aliphatic rings. The van der Waals surface area contributed by atoms with E-state index in [0.717, 1.165) is 44.6 Å². The zero-order valence-corrected chi connectivity index (χ0v) is 15.0. The molecule has 1 amide bonds. The van der Waals surface area contributed by atoms with E-state index in [4.69, 9.17) is 0 Å². The van der Waals surface area contributed by atoms with Crippen LogP contribution in [0, 0.1) is 0 Å². The zero-order chi connectivity index (χ0) is 17.4. The Balaban J connectivity index is 1.41. The van der Waals surface area contributed by atoms with Crippen molar-refractivity contribution in [3.63, 3.8) is 0 Å². The van der Waals surface area contributed by atoms with Gasteiger partial charge in [-0.3, -0.25) is 4.79 Å². The van der Waals surface area contributed by atoms with Crippen LogP contribution >= 0.6 is 0 Å². The lowest BCUT2D eigenvalue weighted by molar-refractivity contribution is 0.0691. The van der Waals surface area contributed by atoms with Crippen LogP contribution in [0.1, 0.15) is 36.2 Å². The fourth-order valence-corrected chi connectivity index (χ4v) is 5.29.